The molecule has 0 unspecified atom stereocenters. The van der Waals surface area contributed by atoms with Gasteiger partial charge in [0.15, 0.2) is 0 Å². The summed E-state index contributed by atoms with van der Waals surface area (Å²) in [6.07, 6.45) is 4.28. The van der Waals surface area contributed by atoms with Gasteiger partial charge in [0.2, 0.25) is 0 Å². The smallest absolute Gasteiger partial charge is 0.0509 e. The van der Waals surface area contributed by atoms with Crippen LogP contribution in [0.25, 0.3) is 0 Å². The second kappa shape index (κ2) is 3.35. The van der Waals surface area contributed by atoms with E-state index in [2.05, 4.69) is 13.8 Å². The molecule has 0 aliphatic heterocycles. The molecule has 0 heterocycles. The van der Waals surface area contributed by atoms with Gasteiger partial charge in [0, 0.05) is 5.41 Å². The standard InChI is InChI=1S/C10H20O2/c1-9(2)4-3-5-10(6-9,7-11)8-12/h11-12H,3-8H2,1-2H3. The van der Waals surface area contributed by atoms with Gasteiger partial charge in [-0.1, -0.05) is 20.3 Å². The summed E-state index contributed by atoms with van der Waals surface area (Å²) in [5, 5.41) is 18.4. The maximum atomic E-state index is 9.21. The first-order valence-electron chi connectivity index (χ1n) is 4.75. The first kappa shape index (κ1) is 10.0. The van der Waals surface area contributed by atoms with Crippen LogP contribution in [0.5, 0.6) is 0 Å². The van der Waals surface area contributed by atoms with Crippen molar-refractivity contribution in [3.05, 3.63) is 0 Å². The lowest BCUT2D eigenvalue weighted by Gasteiger charge is -2.42. The van der Waals surface area contributed by atoms with Crippen molar-refractivity contribution >= 4 is 0 Å². The zero-order valence-electron chi connectivity index (χ0n) is 8.14. The predicted octanol–water partition coefficient (Wildman–Crippen LogP) is 1.56. The normalized spacial score (nSPS) is 27.0. The van der Waals surface area contributed by atoms with Gasteiger partial charge in [-0.3, -0.25) is 0 Å². The van der Waals surface area contributed by atoms with Gasteiger partial charge in [0.1, 0.15) is 0 Å². The van der Waals surface area contributed by atoms with Crippen molar-refractivity contribution in [3.8, 4) is 0 Å². The minimum Gasteiger partial charge on any atom is -0.396 e. The highest BCUT2D eigenvalue weighted by Gasteiger charge is 2.38. The number of aliphatic hydroxyl groups is 2. The lowest BCUT2D eigenvalue weighted by atomic mass is 9.64. The highest BCUT2D eigenvalue weighted by Crippen LogP contribution is 2.45. The number of aliphatic hydroxyl groups excluding tert-OH is 2. The van der Waals surface area contributed by atoms with Gasteiger partial charge in [0.25, 0.3) is 0 Å². The van der Waals surface area contributed by atoms with Gasteiger partial charge in [-0.2, -0.15) is 0 Å². The van der Waals surface area contributed by atoms with E-state index in [0.29, 0.717) is 5.41 Å². The average molecular weight is 172 g/mol. The fourth-order valence-electron chi connectivity index (χ4n) is 2.45. The van der Waals surface area contributed by atoms with E-state index in [9.17, 15) is 10.2 Å². The zero-order valence-corrected chi connectivity index (χ0v) is 8.14. The molecule has 0 amide bonds. The van der Waals surface area contributed by atoms with Gasteiger partial charge in [-0.25, -0.2) is 0 Å². The molecule has 0 saturated heterocycles. The van der Waals surface area contributed by atoms with Crippen LogP contribution in [0.1, 0.15) is 39.5 Å². The Labute approximate surface area is 74.6 Å². The SMILES string of the molecule is CC1(C)CCCC(CO)(CO)C1. The summed E-state index contributed by atoms with van der Waals surface area (Å²) < 4.78 is 0. The molecule has 0 aromatic heterocycles. The van der Waals surface area contributed by atoms with Crippen LogP contribution in [0.4, 0.5) is 0 Å². The fraction of sp³-hybridized carbons (Fsp3) is 1.00. The van der Waals surface area contributed by atoms with Crippen LogP contribution in [0.3, 0.4) is 0 Å². The summed E-state index contributed by atoms with van der Waals surface area (Å²) in [6.45, 7) is 4.69. The minimum absolute atomic E-state index is 0.132. The Kier molecular flexibility index (Phi) is 2.79. The molecule has 1 aliphatic carbocycles. The first-order valence-corrected chi connectivity index (χ1v) is 4.75. The van der Waals surface area contributed by atoms with Crippen molar-refractivity contribution < 1.29 is 10.2 Å². The third kappa shape index (κ3) is 1.99. The van der Waals surface area contributed by atoms with Gasteiger partial charge in [0.05, 0.1) is 13.2 Å². The van der Waals surface area contributed by atoms with Crippen LogP contribution >= 0.6 is 0 Å². The molecule has 0 bridgehead atoms. The molecule has 2 N–H and O–H groups in total. The molecule has 1 saturated carbocycles. The molecule has 1 aliphatic rings. The molecule has 2 heteroatoms. The van der Waals surface area contributed by atoms with Crippen LogP contribution in [-0.2, 0) is 0 Å². The van der Waals surface area contributed by atoms with Crippen molar-refractivity contribution in [2.24, 2.45) is 10.8 Å². The first-order chi connectivity index (χ1) is 5.54. The molecule has 0 aromatic rings. The highest BCUT2D eigenvalue weighted by molar-refractivity contribution is 4.89. The summed E-state index contributed by atoms with van der Waals surface area (Å²) in [7, 11) is 0. The van der Waals surface area contributed by atoms with E-state index in [1.165, 1.54) is 6.42 Å². The Morgan fingerprint density at radius 1 is 1.08 bits per heavy atom. The Bertz CT molecular complexity index is 148. The molecule has 0 aromatic carbocycles. The third-order valence-electron chi connectivity index (χ3n) is 3.09. The molecule has 1 rings (SSSR count). The number of hydrogen-bond acceptors (Lipinski definition) is 2. The molecular formula is C10H20O2. The molecule has 0 spiro atoms. The minimum atomic E-state index is -0.193. The van der Waals surface area contributed by atoms with Gasteiger partial charge >= 0.3 is 0 Å². The number of rotatable bonds is 2. The van der Waals surface area contributed by atoms with Crippen molar-refractivity contribution in [2.75, 3.05) is 13.2 Å². The molecule has 0 radical (unpaired) electrons. The Morgan fingerprint density at radius 3 is 2.00 bits per heavy atom. The topological polar surface area (TPSA) is 40.5 Å². The molecule has 12 heavy (non-hydrogen) atoms. The van der Waals surface area contributed by atoms with Crippen molar-refractivity contribution in [2.45, 2.75) is 39.5 Å². The highest BCUT2D eigenvalue weighted by atomic mass is 16.3. The van der Waals surface area contributed by atoms with E-state index in [1.54, 1.807) is 0 Å². The van der Waals surface area contributed by atoms with Crippen LogP contribution < -0.4 is 0 Å². The lowest BCUT2D eigenvalue weighted by Crippen LogP contribution is -2.38. The second-order valence-electron chi connectivity index (χ2n) is 5.01. The third-order valence-corrected chi connectivity index (χ3v) is 3.09. The Hall–Kier alpha value is -0.0800. The monoisotopic (exact) mass is 172 g/mol. The van der Waals surface area contributed by atoms with Crippen LogP contribution in [0.2, 0.25) is 0 Å². The molecule has 72 valence electrons. The predicted molar refractivity (Wildman–Crippen MR) is 48.9 cm³/mol. The second-order valence-corrected chi connectivity index (χ2v) is 5.01. The Morgan fingerprint density at radius 2 is 1.67 bits per heavy atom. The number of hydrogen-bond donors (Lipinski definition) is 2. The van der Waals surface area contributed by atoms with E-state index in [0.717, 1.165) is 19.3 Å². The summed E-state index contributed by atoms with van der Waals surface area (Å²) in [6, 6.07) is 0. The van der Waals surface area contributed by atoms with Crippen molar-refractivity contribution in [3.63, 3.8) is 0 Å². The molecule has 2 nitrogen and oxygen atoms in total. The zero-order chi connectivity index (χ0) is 9.24. The van der Waals surface area contributed by atoms with Crippen molar-refractivity contribution in [1.82, 2.24) is 0 Å². The largest absolute Gasteiger partial charge is 0.396 e. The van der Waals surface area contributed by atoms with Crippen molar-refractivity contribution in [1.29, 1.82) is 0 Å². The summed E-state index contributed by atoms with van der Waals surface area (Å²) in [5.74, 6) is 0. The van der Waals surface area contributed by atoms with E-state index in [-0.39, 0.29) is 18.6 Å². The molecular weight excluding hydrogens is 152 g/mol. The average Bonchev–Trinajstić information content (AvgIpc) is 2.02. The van der Waals surface area contributed by atoms with Crippen LogP contribution in [-0.4, -0.2) is 23.4 Å². The van der Waals surface area contributed by atoms with Crippen LogP contribution in [0.15, 0.2) is 0 Å². The maximum absolute atomic E-state index is 9.21. The van der Waals surface area contributed by atoms with E-state index < -0.39 is 0 Å². The lowest BCUT2D eigenvalue weighted by molar-refractivity contribution is -0.0179. The Balaban J connectivity index is 2.65. The molecule has 0 atom stereocenters. The van der Waals surface area contributed by atoms with E-state index in [4.69, 9.17) is 0 Å². The quantitative estimate of drug-likeness (QED) is 0.663. The summed E-state index contributed by atoms with van der Waals surface area (Å²) in [4.78, 5) is 0. The summed E-state index contributed by atoms with van der Waals surface area (Å²) >= 11 is 0. The maximum Gasteiger partial charge on any atom is 0.0509 e. The van der Waals surface area contributed by atoms with Crippen LogP contribution in [0, 0.1) is 10.8 Å². The summed E-state index contributed by atoms with van der Waals surface area (Å²) in [5.41, 5.74) is 0.103. The van der Waals surface area contributed by atoms with Gasteiger partial charge in [-0.05, 0) is 24.7 Å². The van der Waals surface area contributed by atoms with E-state index in [1.807, 2.05) is 0 Å². The van der Waals surface area contributed by atoms with E-state index >= 15 is 0 Å². The molecule has 1 fully saturated rings. The van der Waals surface area contributed by atoms with Gasteiger partial charge in [-0.15, -0.1) is 0 Å². The fourth-order valence-corrected chi connectivity index (χ4v) is 2.45. The van der Waals surface area contributed by atoms with Gasteiger partial charge < -0.3 is 10.2 Å².